The molecule has 0 spiro atoms. The van der Waals surface area contributed by atoms with E-state index >= 15 is 0 Å². The lowest BCUT2D eigenvalue weighted by Gasteiger charge is -2.23. The van der Waals surface area contributed by atoms with E-state index in [0.29, 0.717) is 36.1 Å². The van der Waals surface area contributed by atoms with E-state index in [-0.39, 0.29) is 6.73 Å². The number of aromatic nitrogens is 5. The molecule has 0 radical (unpaired) electrons. The highest BCUT2D eigenvalue weighted by molar-refractivity contribution is 6.76. The minimum atomic E-state index is -1.20. The lowest BCUT2D eigenvalue weighted by Crippen LogP contribution is -2.28. The van der Waals surface area contributed by atoms with Crippen molar-refractivity contribution in [1.29, 1.82) is 0 Å². The minimum Gasteiger partial charge on any atom is -0.481 e. The molecule has 2 heterocycles. The van der Waals surface area contributed by atoms with Crippen molar-refractivity contribution in [2.75, 3.05) is 6.61 Å². The largest absolute Gasteiger partial charge is 0.481 e. The summed E-state index contributed by atoms with van der Waals surface area (Å²) in [6, 6.07) is 6.37. The summed E-state index contributed by atoms with van der Waals surface area (Å²) in [4.78, 5) is 16.3. The highest BCUT2D eigenvalue weighted by Gasteiger charge is 2.33. The first kappa shape index (κ1) is 23.4. The molecule has 0 aliphatic carbocycles. The quantitative estimate of drug-likeness (QED) is 0.304. The van der Waals surface area contributed by atoms with Crippen LogP contribution in [0.3, 0.4) is 0 Å². The maximum absolute atomic E-state index is 12.0. The van der Waals surface area contributed by atoms with Crippen LogP contribution in [0.2, 0.25) is 30.8 Å². The minimum absolute atomic E-state index is 0.199. The molecule has 1 unspecified atom stereocenters. The Morgan fingerprint density at radius 3 is 2.72 bits per heavy atom. The number of carboxylic acids is 1. The SMILES string of the molecule is CCCC(C(=O)O)[C@H](Cc1cccc(Cl)n1)c1nnnn1COCC[Si](C)(C)C. The average molecular weight is 440 g/mol. The van der Waals surface area contributed by atoms with Gasteiger partial charge in [0.15, 0.2) is 5.82 Å². The Labute approximate surface area is 177 Å². The van der Waals surface area contributed by atoms with Gasteiger partial charge in [-0.3, -0.25) is 4.79 Å². The highest BCUT2D eigenvalue weighted by Crippen LogP contribution is 2.30. The molecular weight excluding hydrogens is 410 g/mol. The molecule has 160 valence electrons. The third kappa shape index (κ3) is 7.49. The van der Waals surface area contributed by atoms with Gasteiger partial charge in [-0.05, 0) is 35.0 Å². The number of carboxylic acid groups (broad SMARTS) is 1. The predicted molar refractivity (Wildman–Crippen MR) is 114 cm³/mol. The molecule has 2 atom stereocenters. The Morgan fingerprint density at radius 1 is 1.34 bits per heavy atom. The maximum atomic E-state index is 12.0. The number of rotatable bonds is 12. The van der Waals surface area contributed by atoms with E-state index in [1.807, 2.05) is 13.0 Å². The number of tetrazole rings is 1. The second kappa shape index (κ2) is 10.8. The molecule has 0 bridgehead atoms. The van der Waals surface area contributed by atoms with Gasteiger partial charge in [0.25, 0.3) is 0 Å². The molecule has 0 fully saturated rings. The van der Waals surface area contributed by atoms with Gasteiger partial charge in [-0.1, -0.05) is 50.7 Å². The molecule has 2 aromatic heterocycles. The van der Waals surface area contributed by atoms with Crippen molar-refractivity contribution in [3.63, 3.8) is 0 Å². The Morgan fingerprint density at radius 2 is 2.10 bits per heavy atom. The lowest BCUT2D eigenvalue weighted by atomic mass is 9.84. The van der Waals surface area contributed by atoms with E-state index in [1.54, 1.807) is 16.8 Å². The van der Waals surface area contributed by atoms with E-state index in [1.165, 1.54) is 0 Å². The lowest BCUT2D eigenvalue weighted by molar-refractivity contribution is -0.143. The normalized spacial score (nSPS) is 14.0. The van der Waals surface area contributed by atoms with Gasteiger partial charge in [0, 0.05) is 32.7 Å². The maximum Gasteiger partial charge on any atom is 0.307 e. The van der Waals surface area contributed by atoms with Gasteiger partial charge in [0.05, 0.1) is 5.92 Å². The third-order valence-corrected chi connectivity index (χ3v) is 6.62. The van der Waals surface area contributed by atoms with Crippen molar-refractivity contribution in [2.45, 2.75) is 64.5 Å². The number of aliphatic carboxylic acids is 1. The van der Waals surface area contributed by atoms with E-state index in [0.717, 1.165) is 12.5 Å². The summed E-state index contributed by atoms with van der Waals surface area (Å²) >= 11 is 6.02. The summed E-state index contributed by atoms with van der Waals surface area (Å²) in [5.41, 5.74) is 0.707. The first-order chi connectivity index (χ1) is 13.7. The van der Waals surface area contributed by atoms with E-state index in [9.17, 15) is 9.90 Å². The van der Waals surface area contributed by atoms with Gasteiger partial charge in [0.1, 0.15) is 11.9 Å². The van der Waals surface area contributed by atoms with Crippen LogP contribution in [0.15, 0.2) is 18.2 Å². The second-order valence-electron chi connectivity index (χ2n) is 8.38. The van der Waals surface area contributed by atoms with Crippen LogP contribution in [0, 0.1) is 5.92 Å². The van der Waals surface area contributed by atoms with Gasteiger partial charge in [-0.15, -0.1) is 5.10 Å². The van der Waals surface area contributed by atoms with Crippen LogP contribution in [0.25, 0.3) is 0 Å². The molecule has 0 aliphatic rings. The predicted octanol–water partition coefficient (Wildman–Crippen LogP) is 3.86. The standard InChI is InChI=1S/C19H30ClN5O3Si/c1-5-7-15(19(26)27)16(12-14-8-6-9-17(20)21-14)18-22-23-24-25(18)13-28-10-11-29(2,3)4/h6,8-9,15-16H,5,7,10-13H2,1-4H3,(H,26,27)/t15?,16-/m0/s1. The van der Waals surface area contributed by atoms with Crippen LogP contribution < -0.4 is 0 Å². The Kier molecular flexibility index (Phi) is 8.73. The number of pyridine rings is 1. The van der Waals surface area contributed by atoms with Gasteiger partial charge >= 0.3 is 5.97 Å². The molecule has 0 aromatic carbocycles. The van der Waals surface area contributed by atoms with Gasteiger partial charge in [-0.25, -0.2) is 9.67 Å². The van der Waals surface area contributed by atoms with Gasteiger partial charge in [-0.2, -0.15) is 0 Å². The Bertz CT molecular complexity index is 796. The third-order valence-electron chi connectivity index (χ3n) is 4.71. The fourth-order valence-electron chi connectivity index (χ4n) is 3.11. The van der Waals surface area contributed by atoms with Gasteiger partial charge < -0.3 is 9.84 Å². The highest BCUT2D eigenvalue weighted by atomic mass is 35.5. The van der Waals surface area contributed by atoms with Crippen molar-refractivity contribution in [1.82, 2.24) is 25.2 Å². The summed E-state index contributed by atoms with van der Waals surface area (Å²) in [5.74, 6) is -1.43. The van der Waals surface area contributed by atoms with Crippen LogP contribution in [0.4, 0.5) is 0 Å². The number of hydrogen-bond acceptors (Lipinski definition) is 6. The molecule has 1 N–H and O–H groups in total. The Hall–Kier alpha value is -1.84. The molecule has 10 heteroatoms. The van der Waals surface area contributed by atoms with Crippen LogP contribution >= 0.6 is 11.6 Å². The first-order valence-corrected chi connectivity index (χ1v) is 14.0. The molecule has 0 saturated heterocycles. The van der Waals surface area contributed by atoms with Crippen molar-refractivity contribution in [3.8, 4) is 0 Å². The summed E-state index contributed by atoms with van der Waals surface area (Å²) < 4.78 is 7.35. The zero-order valence-electron chi connectivity index (χ0n) is 17.5. The van der Waals surface area contributed by atoms with E-state index < -0.39 is 25.9 Å². The molecule has 8 nitrogen and oxygen atoms in total. The molecular formula is C19H30ClN5O3Si. The van der Waals surface area contributed by atoms with Crippen molar-refractivity contribution in [2.24, 2.45) is 5.92 Å². The van der Waals surface area contributed by atoms with Crippen LogP contribution in [-0.4, -0.2) is 50.9 Å². The van der Waals surface area contributed by atoms with Crippen LogP contribution in [0.1, 0.15) is 37.2 Å². The molecule has 0 aliphatic heterocycles. The smallest absolute Gasteiger partial charge is 0.307 e. The average Bonchev–Trinajstić information content (AvgIpc) is 3.09. The van der Waals surface area contributed by atoms with Crippen LogP contribution in [0.5, 0.6) is 0 Å². The number of carbonyl (C=O) groups is 1. The van der Waals surface area contributed by atoms with Crippen molar-refractivity contribution >= 4 is 25.6 Å². The number of hydrogen-bond donors (Lipinski definition) is 1. The molecule has 0 amide bonds. The zero-order valence-corrected chi connectivity index (χ0v) is 19.3. The fourth-order valence-corrected chi connectivity index (χ4v) is 4.05. The topological polar surface area (TPSA) is 103 Å². The van der Waals surface area contributed by atoms with Crippen molar-refractivity contribution < 1.29 is 14.6 Å². The molecule has 2 aromatic rings. The van der Waals surface area contributed by atoms with Gasteiger partial charge in [0.2, 0.25) is 0 Å². The van der Waals surface area contributed by atoms with Crippen LogP contribution in [-0.2, 0) is 22.7 Å². The summed E-state index contributed by atoms with van der Waals surface area (Å²) in [6.45, 7) is 9.66. The summed E-state index contributed by atoms with van der Waals surface area (Å²) in [6.07, 6.45) is 1.64. The first-order valence-electron chi connectivity index (χ1n) is 9.89. The van der Waals surface area contributed by atoms with E-state index in [4.69, 9.17) is 16.3 Å². The number of halogens is 1. The fraction of sp³-hybridized carbons (Fsp3) is 0.632. The van der Waals surface area contributed by atoms with Crippen molar-refractivity contribution in [3.05, 3.63) is 34.9 Å². The zero-order chi connectivity index (χ0) is 21.4. The summed E-state index contributed by atoms with van der Waals surface area (Å²) in [5, 5.41) is 22.2. The molecule has 2 rings (SSSR count). The Balaban J connectivity index is 2.24. The summed E-state index contributed by atoms with van der Waals surface area (Å²) in [7, 11) is -1.20. The second-order valence-corrected chi connectivity index (χ2v) is 14.4. The van der Waals surface area contributed by atoms with E-state index in [2.05, 4.69) is 40.2 Å². The monoisotopic (exact) mass is 439 g/mol. The number of ether oxygens (including phenoxy) is 1. The molecule has 0 saturated carbocycles. The molecule has 29 heavy (non-hydrogen) atoms. The number of nitrogens with zero attached hydrogens (tertiary/aromatic N) is 5.